The minimum atomic E-state index is -0.345. The first-order valence-corrected chi connectivity index (χ1v) is 8.48. The van der Waals surface area contributed by atoms with Crippen LogP contribution in [-0.4, -0.2) is 44.0 Å². The Morgan fingerprint density at radius 1 is 1.04 bits per heavy atom. The molecule has 6 nitrogen and oxygen atoms in total. The largest absolute Gasteiger partial charge is 0.486 e. The Morgan fingerprint density at radius 2 is 1.68 bits per heavy atom. The van der Waals surface area contributed by atoms with Gasteiger partial charge in [-0.25, -0.2) is 0 Å². The maximum Gasteiger partial charge on any atom is 0.256 e. The van der Waals surface area contributed by atoms with Crippen LogP contribution < -0.4 is 14.8 Å². The normalized spacial score (nSPS) is 12.4. The molecule has 0 aliphatic carbocycles. The number of hydrogen-bond acceptors (Lipinski definition) is 4. The number of para-hydroxylation sites is 1. The Hall–Kier alpha value is -2.54. The van der Waals surface area contributed by atoms with Gasteiger partial charge in [0.05, 0.1) is 16.8 Å². The number of nitrogens with one attached hydrogen (secondary N) is 1. The Bertz CT molecular complexity index is 836. The van der Waals surface area contributed by atoms with Crippen LogP contribution in [-0.2, 0) is 0 Å². The molecule has 130 valence electrons. The van der Waals surface area contributed by atoms with Gasteiger partial charge in [-0.3, -0.25) is 9.59 Å². The van der Waals surface area contributed by atoms with Crippen LogP contribution in [0.15, 0.2) is 40.9 Å². The molecule has 2 aromatic carbocycles. The van der Waals surface area contributed by atoms with Crippen LogP contribution in [0.3, 0.4) is 0 Å². The van der Waals surface area contributed by atoms with E-state index in [1.807, 2.05) is 0 Å². The summed E-state index contributed by atoms with van der Waals surface area (Å²) in [6, 6.07) is 10.2. The Labute approximate surface area is 153 Å². The van der Waals surface area contributed by atoms with Gasteiger partial charge in [-0.15, -0.1) is 0 Å². The molecule has 0 radical (unpaired) electrons. The molecule has 0 saturated heterocycles. The summed E-state index contributed by atoms with van der Waals surface area (Å²) in [5, 5.41) is 2.80. The highest BCUT2D eigenvalue weighted by Gasteiger charge is 2.20. The van der Waals surface area contributed by atoms with Crippen molar-refractivity contribution in [1.82, 2.24) is 4.90 Å². The first-order valence-electron chi connectivity index (χ1n) is 7.68. The summed E-state index contributed by atoms with van der Waals surface area (Å²) in [6.45, 7) is 0.918. The first kappa shape index (κ1) is 17.3. The zero-order chi connectivity index (χ0) is 18.0. The maximum atomic E-state index is 12.7. The summed E-state index contributed by atoms with van der Waals surface area (Å²) >= 11 is 3.39. The highest BCUT2D eigenvalue weighted by molar-refractivity contribution is 9.10. The quantitative estimate of drug-likeness (QED) is 0.852. The van der Waals surface area contributed by atoms with Gasteiger partial charge in [0.1, 0.15) is 13.2 Å². The van der Waals surface area contributed by atoms with Crippen LogP contribution in [0.25, 0.3) is 0 Å². The van der Waals surface area contributed by atoms with Crippen molar-refractivity contribution in [3.63, 3.8) is 0 Å². The molecule has 3 rings (SSSR count). The average Bonchev–Trinajstić information content (AvgIpc) is 2.60. The second-order valence-electron chi connectivity index (χ2n) is 5.68. The van der Waals surface area contributed by atoms with Crippen LogP contribution >= 0.6 is 15.9 Å². The minimum absolute atomic E-state index is 0.183. The summed E-state index contributed by atoms with van der Waals surface area (Å²) in [5.41, 5.74) is 1.28. The maximum absolute atomic E-state index is 12.7. The van der Waals surface area contributed by atoms with Gasteiger partial charge in [-0.05, 0) is 40.2 Å². The third-order valence-electron chi connectivity index (χ3n) is 3.69. The van der Waals surface area contributed by atoms with E-state index in [4.69, 9.17) is 9.47 Å². The van der Waals surface area contributed by atoms with E-state index in [9.17, 15) is 9.59 Å². The van der Waals surface area contributed by atoms with Gasteiger partial charge in [0.2, 0.25) is 0 Å². The predicted octanol–water partition coefficient (Wildman–Crippen LogP) is 3.17. The molecule has 1 aliphatic rings. The lowest BCUT2D eigenvalue weighted by molar-refractivity contribution is 0.0828. The van der Waals surface area contributed by atoms with E-state index >= 15 is 0 Å². The number of carbonyl (C=O) groups excluding carboxylic acids is 2. The van der Waals surface area contributed by atoms with Crippen LogP contribution in [0.5, 0.6) is 11.5 Å². The third kappa shape index (κ3) is 3.61. The average molecular weight is 405 g/mol. The number of anilines is 1. The number of amides is 2. The lowest BCUT2D eigenvalue weighted by atomic mass is 10.1. The van der Waals surface area contributed by atoms with Crippen molar-refractivity contribution in [2.75, 3.05) is 32.6 Å². The molecule has 0 fully saturated rings. The summed E-state index contributed by atoms with van der Waals surface area (Å²) < 4.78 is 11.6. The fraction of sp³-hybridized carbons (Fsp3) is 0.222. The highest BCUT2D eigenvalue weighted by Crippen LogP contribution is 2.36. The summed E-state index contributed by atoms with van der Waals surface area (Å²) in [7, 11) is 3.33. The number of ether oxygens (including phenoxy) is 2. The molecule has 1 heterocycles. The molecule has 1 N–H and O–H groups in total. The Morgan fingerprint density at radius 3 is 2.36 bits per heavy atom. The van der Waals surface area contributed by atoms with E-state index in [0.29, 0.717) is 46.0 Å². The van der Waals surface area contributed by atoms with Crippen molar-refractivity contribution in [3.8, 4) is 11.5 Å². The number of benzene rings is 2. The van der Waals surface area contributed by atoms with E-state index in [2.05, 4.69) is 21.2 Å². The van der Waals surface area contributed by atoms with Gasteiger partial charge in [-0.1, -0.05) is 12.1 Å². The molecule has 2 aromatic rings. The fourth-order valence-electron chi connectivity index (χ4n) is 2.45. The van der Waals surface area contributed by atoms with Crippen LogP contribution in [0.2, 0.25) is 0 Å². The number of fused-ring (bicyclic) bond motifs is 1. The molecule has 0 saturated carbocycles. The first-order chi connectivity index (χ1) is 12.0. The van der Waals surface area contributed by atoms with Crippen LogP contribution in [0.1, 0.15) is 20.7 Å². The molecular formula is C18H17BrN2O4. The zero-order valence-corrected chi connectivity index (χ0v) is 15.4. The van der Waals surface area contributed by atoms with Crippen LogP contribution in [0.4, 0.5) is 5.69 Å². The summed E-state index contributed by atoms with van der Waals surface area (Å²) in [6.07, 6.45) is 0. The third-order valence-corrected chi connectivity index (χ3v) is 4.34. The van der Waals surface area contributed by atoms with Gasteiger partial charge < -0.3 is 19.7 Å². The molecule has 0 unspecified atom stereocenters. The molecule has 2 amide bonds. The minimum Gasteiger partial charge on any atom is -0.486 e. The van der Waals surface area contributed by atoms with Crippen molar-refractivity contribution in [1.29, 1.82) is 0 Å². The lowest BCUT2D eigenvalue weighted by Crippen LogP contribution is -2.24. The van der Waals surface area contributed by atoms with Gasteiger partial charge in [0.25, 0.3) is 11.8 Å². The van der Waals surface area contributed by atoms with Gasteiger partial charge >= 0.3 is 0 Å². The SMILES string of the molecule is CN(C)C(=O)c1ccccc1NC(=O)c1cc2c(cc1Br)OCCO2. The van der Waals surface area contributed by atoms with E-state index in [1.54, 1.807) is 50.5 Å². The number of rotatable bonds is 3. The van der Waals surface area contributed by atoms with Gasteiger partial charge in [0, 0.05) is 18.6 Å². The molecule has 0 aromatic heterocycles. The second kappa shape index (κ2) is 7.14. The number of nitrogens with zero attached hydrogens (tertiary/aromatic N) is 1. The van der Waals surface area contributed by atoms with Crippen molar-refractivity contribution in [3.05, 3.63) is 52.0 Å². The Kier molecular flexibility index (Phi) is 4.94. The molecular weight excluding hydrogens is 388 g/mol. The number of halogens is 1. The zero-order valence-electron chi connectivity index (χ0n) is 13.8. The van der Waals surface area contributed by atoms with Crippen molar-refractivity contribution < 1.29 is 19.1 Å². The summed E-state index contributed by atoms with van der Waals surface area (Å²) in [5.74, 6) is 0.593. The Balaban J connectivity index is 1.90. The van der Waals surface area contributed by atoms with Gasteiger partial charge in [-0.2, -0.15) is 0 Å². The summed E-state index contributed by atoms with van der Waals surface area (Å²) in [4.78, 5) is 26.4. The standard InChI is InChI=1S/C18H17BrN2O4/c1-21(2)18(23)11-5-3-4-6-14(11)20-17(22)12-9-15-16(10-13(12)19)25-8-7-24-15/h3-6,9-10H,7-8H2,1-2H3,(H,20,22). The molecule has 0 bridgehead atoms. The van der Waals surface area contributed by atoms with Crippen LogP contribution in [0, 0.1) is 0 Å². The number of hydrogen-bond donors (Lipinski definition) is 1. The van der Waals surface area contributed by atoms with Crippen molar-refractivity contribution in [2.24, 2.45) is 0 Å². The molecule has 0 spiro atoms. The predicted molar refractivity (Wildman–Crippen MR) is 97.5 cm³/mol. The molecule has 1 aliphatic heterocycles. The highest BCUT2D eigenvalue weighted by atomic mass is 79.9. The van der Waals surface area contributed by atoms with E-state index in [0.717, 1.165) is 0 Å². The molecule has 0 atom stereocenters. The topological polar surface area (TPSA) is 67.9 Å². The van der Waals surface area contributed by atoms with E-state index in [-0.39, 0.29) is 11.8 Å². The fourth-order valence-corrected chi connectivity index (χ4v) is 2.95. The molecule has 7 heteroatoms. The smallest absolute Gasteiger partial charge is 0.256 e. The van der Waals surface area contributed by atoms with Crippen molar-refractivity contribution >= 4 is 33.4 Å². The monoisotopic (exact) mass is 404 g/mol. The lowest BCUT2D eigenvalue weighted by Gasteiger charge is -2.20. The molecule has 25 heavy (non-hydrogen) atoms. The van der Waals surface area contributed by atoms with E-state index in [1.165, 1.54) is 4.90 Å². The number of carbonyl (C=O) groups is 2. The van der Waals surface area contributed by atoms with Crippen molar-refractivity contribution in [2.45, 2.75) is 0 Å². The second-order valence-corrected chi connectivity index (χ2v) is 6.53. The van der Waals surface area contributed by atoms with E-state index < -0.39 is 0 Å². The van der Waals surface area contributed by atoms with Gasteiger partial charge in [0.15, 0.2) is 11.5 Å².